The summed E-state index contributed by atoms with van der Waals surface area (Å²) in [7, 11) is 0. The van der Waals surface area contributed by atoms with Gasteiger partial charge in [0.15, 0.2) is 0 Å². The lowest BCUT2D eigenvalue weighted by atomic mass is 9.83. The highest BCUT2D eigenvalue weighted by molar-refractivity contribution is 5.89. The zero-order chi connectivity index (χ0) is 15.8. The largest absolute Gasteiger partial charge is 0.459 e. The average molecular weight is 287 g/mol. The van der Waals surface area contributed by atoms with Crippen molar-refractivity contribution in [2.45, 2.75) is 66.3 Å². The predicted octanol–water partition coefficient (Wildman–Crippen LogP) is 5.27. The number of fused-ring (bicyclic) bond motifs is 1. The molecule has 0 aliphatic rings. The SMILES string of the molecule is CCNCc1oc2c(C(C)C)ccc(C)c2c1C(C)(C)C. The van der Waals surface area contributed by atoms with Crippen molar-refractivity contribution < 1.29 is 4.42 Å². The van der Waals surface area contributed by atoms with Crippen molar-refractivity contribution >= 4 is 11.0 Å². The van der Waals surface area contributed by atoms with Crippen molar-refractivity contribution in [3.8, 4) is 0 Å². The Kier molecular flexibility index (Phi) is 4.48. The number of aryl methyl sites for hydroxylation is 1. The highest BCUT2D eigenvalue weighted by Gasteiger charge is 2.27. The fraction of sp³-hybridized carbons (Fsp3) is 0.579. The molecule has 1 heterocycles. The van der Waals surface area contributed by atoms with Gasteiger partial charge in [-0.3, -0.25) is 0 Å². The van der Waals surface area contributed by atoms with E-state index in [1.807, 2.05) is 0 Å². The Morgan fingerprint density at radius 2 is 1.86 bits per heavy atom. The molecule has 0 atom stereocenters. The molecule has 0 aliphatic carbocycles. The number of furan rings is 1. The third kappa shape index (κ3) is 3.01. The minimum atomic E-state index is 0.0797. The topological polar surface area (TPSA) is 25.2 Å². The second-order valence-corrected chi connectivity index (χ2v) is 7.26. The van der Waals surface area contributed by atoms with Crippen LogP contribution in [0.15, 0.2) is 16.5 Å². The van der Waals surface area contributed by atoms with Crippen molar-refractivity contribution in [3.05, 3.63) is 34.6 Å². The van der Waals surface area contributed by atoms with Crippen LogP contribution in [0.4, 0.5) is 0 Å². The van der Waals surface area contributed by atoms with Gasteiger partial charge in [0.2, 0.25) is 0 Å². The Labute approximate surface area is 128 Å². The molecule has 0 amide bonds. The maximum atomic E-state index is 6.34. The van der Waals surface area contributed by atoms with E-state index >= 15 is 0 Å². The van der Waals surface area contributed by atoms with Crippen molar-refractivity contribution in [1.29, 1.82) is 0 Å². The summed E-state index contributed by atoms with van der Waals surface area (Å²) in [6.07, 6.45) is 0. The lowest BCUT2D eigenvalue weighted by Crippen LogP contribution is -2.18. The molecule has 0 aliphatic heterocycles. The molecule has 0 saturated carbocycles. The lowest BCUT2D eigenvalue weighted by molar-refractivity contribution is 0.485. The van der Waals surface area contributed by atoms with Crippen LogP contribution in [-0.4, -0.2) is 6.54 Å². The Balaban J connectivity index is 2.78. The highest BCUT2D eigenvalue weighted by atomic mass is 16.3. The van der Waals surface area contributed by atoms with Crippen LogP contribution in [0.1, 0.15) is 69.9 Å². The van der Waals surface area contributed by atoms with E-state index in [9.17, 15) is 0 Å². The zero-order valence-electron chi connectivity index (χ0n) is 14.6. The van der Waals surface area contributed by atoms with Crippen LogP contribution in [0, 0.1) is 6.92 Å². The Bertz CT molecular complexity index is 629. The first-order chi connectivity index (χ1) is 9.77. The molecule has 21 heavy (non-hydrogen) atoms. The van der Waals surface area contributed by atoms with Gasteiger partial charge in [-0.25, -0.2) is 0 Å². The normalized spacial score (nSPS) is 12.6. The van der Waals surface area contributed by atoms with Crippen molar-refractivity contribution in [1.82, 2.24) is 5.32 Å². The van der Waals surface area contributed by atoms with E-state index in [-0.39, 0.29) is 5.41 Å². The predicted molar refractivity (Wildman–Crippen MR) is 91.1 cm³/mol. The van der Waals surface area contributed by atoms with Gasteiger partial charge in [0.05, 0.1) is 6.54 Å². The summed E-state index contributed by atoms with van der Waals surface area (Å²) in [5, 5.41) is 4.73. The Morgan fingerprint density at radius 3 is 2.38 bits per heavy atom. The van der Waals surface area contributed by atoms with E-state index < -0.39 is 0 Å². The van der Waals surface area contributed by atoms with Crippen LogP contribution in [0.25, 0.3) is 11.0 Å². The van der Waals surface area contributed by atoms with Gasteiger partial charge < -0.3 is 9.73 Å². The first-order valence-electron chi connectivity index (χ1n) is 8.03. The molecule has 2 nitrogen and oxygen atoms in total. The standard InChI is InChI=1S/C19H29NO/c1-8-20-11-15-17(19(5,6)7)16-13(4)9-10-14(12(2)3)18(16)21-15/h9-10,12,20H,8,11H2,1-7H3. The van der Waals surface area contributed by atoms with Gasteiger partial charge in [-0.15, -0.1) is 0 Å². The van der Waals surface area contributed by atoms with E-state index in [4.69, 9.17) is 4.42 Å². The molecule has 2 rings (SSSR count). The highest BCUT2D eigenvalue weighted by Crippen LogP contribution is 2.40. The molecule has 0 spiro atoms. The van der Waals surface area contributed by atoms with E-state index in [2.05, 4.69) is 65.9 Å². The summed E-state index contributed by atoms with van der Waals surface area (Å²) in [6.45, 7) is 17.3. The molecule has 2 aromatic rings. The third-order valence-corrected chi connectivity index (χ3v) is 4.06. The number of hydrogen-bond acceptors (Lipinski definition) is 2. The smallest absolute Gasteiger partial charge is 0.138 e. The summed E-state index contributed by atoms with van der Waals surface area (Å²) in [5.74, 6) is 1.56. The van der Waals surface area contributed by atoms with Crippen LogP contribution in [-0.2, 0) is 12.0 Å². The van der Waals surface area contributed by atoms with Gasteiger partial charge in [0.1, 0.15) is 11.3 Å². The van der Waals surface area contributed by atoms with Crippen molar-refractivity contribution in [3.63, 3.8) is 0 Å². The maximum Gasteiger partial charge on any atom is 0.138 e. The monoisotopic (exact) mass is 287 g/mol. The van der Waals surface area contributed by atoms with Crippen LogP contribution in [0.2, 0.25) is 0 Å². The minimum Gasteiger partial charge on any atom is -0.459 e. The molecular formula is C19H29NO. The van der Waals surface area contributed by atoms with Crippen LogP contribution < -0.4 is 5.32 Å². The second kappa shape index (κ2) is 5.84. The first-order valence-corrected chi connectivity index (χ1v) is 8.03. The number of nitrogens with one attached hydrogen (secondary N) is 1. The summed E-state index contributed by atoms with van der Waals surface area (Å²) in [6, 6.07) is 4.45. The number of rotatable bonds is 4. The quantitative estimate of drug-likeness (QED) is 0.828. The molecule has 2 heteroatoms. The van der Waals surface area contributed by atoms with Crippen molar-refractivity contribution in [2.24, 2.45) is 0 Å². The van der Waals surface area contributed by atoms with Crippen LogP contribution in [0.3, 0.4) is 0 Å². The average Bonchev–Trinajstić information content (AvgIpc) is 2.76. The molecule has 0 radical (unpaired) electrons. The summed E-state index contributed by atoms with van der Waals surface area (Å²) < 4.78 is 6.34. The fourth-order valence-corrected chi connectivity index (χ4v) is 3.04. The Morgan fingerprint density at radius 1 is 1.19 bits per heavy atom. The van der Waals surface area contributed by atoms with Gasteiger partial charge in [-0.1, -0.05) is 53.7 Å². The molecule has 0 unspecified atom stereocenters. The molecule has 0 saturated heterocycles. The fourth-order valence-electron chi connectivity index (χ4n) is 3.04. The van der Waals surface area contributed by atoms with E-state index in [1.54, 1.807) is 0 Å². The van der Waals surface area contributed by atoms with Crippen LogP contribution >= 0.6 is 0 Å². The van der Waals surface area contributed by atoms with Gasteiger partial charge in [0.25, 0.3) is 0 Å². The summed E-state index contributed by atoms with van der Waals surface area (Å²) >= 11 is 0. The van der Waals surface area contributed by atoms with Gasteiger partial charge in [0, 0.05) is 10.9 Å². The zero-order valence-corrected chi connectivity index (χ0v) is 14.6. The van der Waals surface area contributed by atoms with Crippen molar-refractivity contribution in [2.75, 3.05) is 6.54 Å². The third-order valence-electron chi connectivity index (χ3n) is 4.06. The Hall–Kier alpha value is -1.28. The lowest BCUT2D eigenvalue weighted by Gasteiger charge is -2.20. The van der Waals surface area contributed by atoms with Gasteiger partial charge in [-0.05, 0) is 35.9 Å². The molecule has 116 valence electrons. The summed E-state index contributed by atoms with van der Waals surface area (Å²) in [4.78, 5) is 0. The number of hydrogen-bond donors (Lipinski definition) is 1. The maximum absolute atomic E-state index is 6.34. The molecule has 0 fully saturated rings. The summed E-state index contributed by atoms with van der Waals surface area (Å²) in [5.41, 5.74) is 5.15. The van der Waals surface area contributed by atoms with E-state index in [0.717, 1.165) is 24.4 Å². The molecular weight excluding hydrogens is 258 g/mol. The van der Waals surface area contributed by atoms with E-state index in [1.165, 1.54) is 22.1 Å². The molecule has 1 N–H and O–H groups in total. The minimum absolute atomic E-state index is 0.0797. The molecule has 1 aromatic carbocycles. The number of benzene rings is 1. The molecule has 1 aromatic heterocycles. The molecule has 0 bridgehead atoms. The second-order valence-electron chi connectivity index (χ2n) is 7.26. The van der Waals surface area contributed by atoms with Gasteiger partial charge >= 0.3 is 0 Å². The van der Waals surface area contributed by atoms with Crippen LogP contribution in [0.5, 0.6) is 0 Å². The van der Waals surface area contributed by atoms with E-state index in [0.29, 0.717) is 5.92 Å². The first kappa shape index (κ1) is 16.1. The van der Waals surface area contributed by atoms with Gasteiger partial charge in [-0.2, -0.15) is 0 Å².